The zero-order valence-corrected chi connectivity index (χ0v) is 12.6. The molecular weight excluding hydrogens is 248 g/mol. The van der Waals surface area contributed by atoms with Gasteiger partial charge in [0.1, 0.15) is 0 Å². The molecule has 0 aliphatic carbocycles. The third-order valence-corrected chi connectivity index (χ3v) is 3.68. The highest BCUT2D eigenvalue weighted by molar-refractivity contribution is 5.82. The van der Waals surface area contributed by atoms with Crippen LogP contribution in [0.2, 0.25) is 0 Å². The van der Waals surface area contributed by atoms with Crippen molar-refractivity contribution in [3.8, 4) is 0 Å². The average molecular weight is 272 g/mol. The van der Waals surface area contributed by atoms with Gasteiger partial charge in [-0.1, -0.05) is 24.3 Å². The van der Waals surface area contributed by atoms with Crippen molar-refractivity contribution in [2.24, 2.45) is 5.73 Å². The minimum absolute atomic E-state index is 0.202. The summed E-state index contributed by atoms with van der Waals surface area (Å²) >= 11 is 0. The van der Waals surface area contributed by atoms with Crippen LogP contribution in [0.15, 0.2) is 36.5 Å². The van der Waals surface area contributed by atoms with Crippen molar-refractivity contribution in [2.45, 2.75) is 6.04 Å². The van der Waals surface area contributed by atoms with Crippen molar-refractivity contribution in [3.63, 3.8) is 0 Å². The van der Waals surface area contributed by atoms with Gasteiger partial charge in [-0.15, -0.1) is 0 Å². The highest BCUT2D eigenvalue weighted by Gasteiger charge is 2.18. The Morgan fingerprint density at radius 2 is 1.85 bits per heavy atom. The van der Waals surface area contributed by atoms with Gasteiger partial charge in [-0.3, -0.25) is 9.88 Å². The number of para-hydroxylation sites is 1. The lowest BCUT2D eigenvalue weighted by molar-refractivity contribution is 0.223. The second-order valence-corrected chi connectivity index (χ2v) is 5.46. The first-order valence-corrected chi connectivity index (χ1v) is 7.02. The average Bonchev–Trinajstić information content (AvgIpc) is 2.46. The van der Waals surface area contributed by atoms with Gasteiger partial charge in [0, 0.05) is 37.3 Å². The standard InChI is InChI=1S/C16H24N4/c1-19(2)10-11-20(3)15(12-17)14-8-4-6-13-7-5-9-18-16(13)14/h4-9,15H,10-12,17H2,1-3H3. The van der Waals surface area contributed by atoms with E-state index in [1.165, 1.54) is 10.9 Å². The summed E-state index contributed by atoms with van der Waals surface area (Å²) in [5.41, 5.74) is 8.29. The molecule has 4 nitrogen and oxygen atoms in total. The Bertz CT molecular complexity index is 548. The number of nitrogens with zero attached hydrogens (tertiary/aromatic N) is 3. The van der Waals surface area contributed by atoms with Crippen LogP contribution in [0.1, 0.15) is 11.6 Å². The van der Waals surface area contributed by atoms with E-state index in [2.05, 4.69) is 60.2 Å². The molecule has 2 rings (SSSR count). The summed E-state index contributed by atoms with van der Waals surface area (Å²) in [7, 11) is 6.30. The molecule has 0 saturated heterocycles. The van der Waals surface area contributed by atoms with E-state index in [1.54, 1.807) is 0 Å². The molecule has 1 aromatic heterocycles. The van der Waals surface area contributed by atoms with Gasteiger partial charge in [0.15, 0.2) is 0 Å². The summed E-state index contributed by atoms with van der Waals surface area (Å²) in [4.78, 5) is 9.03. The molecule has 0 radical (unpaired) electrons. The molecule has 1 heterocycles. The van der Waals surface area contributed by atoms with Crippen LogP contribution in [-0.4, -0.2) is 55.6 Å². The van der Waals surface area contributed by atoms with E-state index >= 15 is 0 Å². The molecule has 0 fully saturated rings. The van der Waals surface area contributed by atoms with Crippen LogP contribution in [0, 0.1) is 0 Å². The maximum Gasteiger partial charge on any atom is 0.0750 e. The number of pyridine rings is 1. The normalized spacial score (nSPS) is 13.3. The molecule has 0 spiro atoms. The molecule has 0 amide bonds. The van der Waals surface area contributed by atoms with Crippen LogP contribution in [0.4, 0.5) is 0 Å². The number of hydrogen-bond donors (Lipinski definition) is 1. The monoisotopic (exact) mass is 272 g/mol. The molecule has 0 saturated carbocycles. The first-order chi connectivity index (χ1) is 9.63. The maximum atomic E-state index is 6.02. The lowest BCUT2D eigenvalue weighted by Gasteiger charge is -2.29. The quantitative estimate of drug-likeness (QED) is 0.870. The van der Waals surface area contributed by atoms with Gasteiger partial charge in [-0.05, 0) is 32.8 Å². The molecule has 108 valence electrons. The third kappa shape index (κ3) is 3.33. The van der Waals surface area contributed by atoms with Crippen LogP contribution in [0.25, 0.3) is 10.9 Å². The van der Waals surface area contributed by atoms with E-state index in [4.69, 9.17) is 5.73 Å². The lowest BCUT2D eigenvalue weighted by atomic mass is 10.0. The Morgan fingerprint density at radius 1 is 1.10 bits per heavy atom. The number of hydrogen-bond acceptors (Lipinski definition) is 4. The summed E-state index contributed by atoms with van der Waals surface area (Å²) in [6.45, 7) is 2.60. The fourth-order valence-corrected chi connectivity index (χ4v) is 2.45. The van der Waals surface area contributed by atoms with Crippen molar-refractivity contribution in [3.05, 3.63) is 42.1 Å². The van der Waals surface area contributed by atoms with Crippen LogP contribution >= 0.6 is 0 Å². The van der Waals surface area contributed by atoms with E-state index in [0.29, 0.717) is 6.54 Å². The molecule has 1 unspecified atom stereocenters. The number of benzene rings is 1. The number of likely N-dealkylation sites (N-methyl/N-ethyl adjacent to an activating group) is 2. The van der Waals surface area contributed by atoms with E-state index in [9.17, 15) is 0 Å². The maximum absolute atomic E-state index is 6.02. The van der Waals surface area contributed by atoms with Crippen LogP contribution in [-0.2, 0) is 0 Å². The largest absolute Gasteiger partial charge is 0.329 e. The summed E-state index contributed by atoms with van der Waals surface area (Å²) in [5, 5.41) is 1.17. The van der Waals surface area contributed by atoms with Crippen molar-refractivity contribution in [1.29, 1.82) is 0 Å². The second kappa shape index (κ2) is 6.79. The predicted molar refractivity (Wildman–Crippen MR) is 84.7 cm³/mol. The molecule has 2 aromatic rings. The van der Waals surface area contributed by atoms with Crippen molar-refractivity contribution in [1.82, 2.24) is 14.8 Å². The van der Waals surface area contributed by atoms with Crippen LogP contribution < -0.4 is 5.73 Å². The minimum Gasteiger partial charge on any atom is -0.329 e. The van der Waals surface area contributed by atoms with E-state index in [1.807, 2.05) is 12.3 Å². The summed E-state index contributed by atoms with van der Waals surface area (Å²) in [6.07, 6.45) is 1.85. The zero-order valence-electron chi connectivity index (χ0n) is 12.6. The molecule has 0 aliphatic rings. The number of fused-ring (bicyclic) bond motifs is 1. The summed E-state index contributed by atoms with van der Waals surface area (Å²) in [6, 6.07) is 10.6. The second-order valence-electron chi connectivity index (χ2n) is 5.46. The number of aromatic nitrogens is 1. The molecular formula is C16H24N4. The molecule has 0 bridgehead atoms. The fourth-order valence-electron chi connectivity index (χ4n) is 2.45. The highest BCUT2D eigenvalue weighted by atomic mass is 15.2. The number of rotatable bonds is 6. The SMILES string of the molecule is CN(C)CCN(C)C(CN)c1cccc2cccnc12. The fraction of sp³-hybridized carbons (Fsp3) is 0.438. The topological polar surface area (TPSA) is 45.4 Å². The molecule has 20 heavy (non-hydrogen) atoms. The van der Waals surface area contributed by atoms with Crippen molar-refractivity contribution < 1.29 is 0 Å². The molecule has 4 heteroatoms. The predicted octanol–water partition coefficient (Wildman–Crippen LogP) is 1.73. The van der Waals surface area contributed by atoms with E-state index in [-0.39, 0.29) is 6.04 Å². The molecule has 0 aliphatic heterocycles. The smallest absolute Gasteiger partial charge is 0.0750 e. The zero-order chi connectivity index (χ0) is 14.5. The van der Waals surface area contributed by atoms with Gasteiger partial charge in [0.05, 0.1) is 5.52 Å². The van der Waals surface area contributed by atoms with Gasteiger partial charge in [0.2, 0.25) is 0 Å². The molecule has 1 aromatic carbocycles. The van der Waals surface area contributed by atoms with Crippen LogP contribution in [0.5, 0.6) is 0 Å². The highest BCUT2D eigenvalue weighted by Crippen LogP contribution is 2.25. The Morgan fingerprint density at radius 3 is 2.55 bits per heavy atom. The Labute approximate surface area is 121 Å². The third-order valence-electron chi connectivity index (χ3n) is 3.68. The lowest BCUT2D eigenvalue weighted by Crippen LogP contribution is -2.35. The first-order valence-electron chi connectivity index (χ1n) is 7.02. The van der Waals surface area contributed by atoms with Gasteiger partial charge >= 0.3 is 0 Å². The summed E-state index contributed by atoms with van der Waals surface area (Å²) in [5.74, 6) is 0. The number of nitrogens with two attached hydrogens (primary N) is 1. The van der Waals surface area contributed by atoms with Gasteiger partial charge in [-0.2, -0.15) is 0 Å². The van der Waals surface area contributed by atoms with Crippen LogP contribution in [0.3, 0.4) is 0 Å². The van der Waals surface area contributed by atoms with E-state index < -0.39 is 0 Å². The van der Waals surface area contributed by atoms with E-state index in [0.717, 1.165) is 18.6 Å². The van der Waals surface area contributed by atoms with Gasteiger partial charge in [-0.25, -0.2) is 0 Å². The molecule has 1 atom stereocenters. The minimum atomic E-state index is 0.202. The van der Waals surface area contributed by atoms with Crippen molar-refractivity contribution in [2.75, 3.05) is 40.8 Å². The van der Waals surface area contributed by atoms with Gasteiger partial charge < -0.3 is 10.6 Å². The first kappa shape index (κ1) is 14.9. The molecule has 2 N–H and O–H groups in total. The Kier molecular flexibility index (Phi) is 5.06. The summed E-state index contributed by atoms with van der Waals surface area (Å²) < 4.78 is 0. The Hall–Kier alpha value is -1.49. The van der Waals surface area contributed by atoms with Crippen molar-refractivity contribution >= 4 is 10.9 Å². The Balaban J connectivity index is 2.29. The van der Waals surface area contributed by atoms with Gasteiger partial charge in [0.25, 0.3) is 0 Å².